The topological polar surface area (TPSA) is 62.4 Å². The van der Waals surface area contributed by atoms with Gasteiger partial charge in [0.15, 0.2) is 11.5 Å². The lowest BCUT2D eigenvalue weighted by Gasteiger charge is -2.32. The van der Waals surface area contributed by atoms with Gasteiger partial charge in [-0.3, -0.25) is 0 Å². The highest BCUT2D eigenvalue weighted by molar-refractivity contribution is 5.39. The van der Waals surface area contributed by atoms with Gasteiger partial charge in [-0.25, -0.2) is 0 Å². The van der Waals surface area contributed by atoms with Crippen molar-refractivity contribution in [3.8, 4) is 0 Å². The van der Waals surface area contributed by atoms with E-state index in [1.54, 1.807) is 12.1 Å². The molecule has 1 aliphatic heterocycles. The summed E-state index contributed by atoms with van der Waals surface area (Å²) in [5.41, 5.74) is -1.00. The van der Waals surface area contributed by atoms with Crippen molar-refractivity contribution in [3.63, 3.8) is 0 Å². The molecule has 1 aliphatic rings. The molecule has 2 aromatic heterocycles. The summed E-state index contributed by atoms with van der Waals surface area (Å²) in [6.07, 6.45) is 0.470. The van der Waals surface area contributed by atoms with Crippen LogP contribution in [0.25, 0.3) is 0 Å². The smallest absolute Gasteiger partial charge is 0.435 e. The largest absolute Gasteiger partial charge is 0.467 e. The van der Waals surface area contributed by atoms with Crippen molar-refractivity contribution in [2.24, 2.45) is 0 Å². The average molecular weight is 355 g/mol. The number of anilines is 1. The van der Waals surface area contributed by atoms with Crippen molar-refractivity contribution in [1.29, 1.82) is 0 Å². The number of rotatable bonds is 4. The van der Waals surface area contributed by atoms with E-state index in [4.69, 9.17) is 4.42 Å². The minimum atomic E-state index is -4.50. The standard InChI is InChI=1S/C17H20F3N3O2/c18-17(19,20)15-7-8-16(22-21-15)23-9-3-1-2-5-12(23)11-13(24)14-6-4-10-25-14/h4,6-8,10,12-13,24H,1-3,5,9,11H2. The summed E-state index contributed by atoms with van der Waals surface area (Å²) in [5.74, 6) is 0.897. The molecule has 3 rings (SSSR count). The van der Waals surface area contributed by atoms with Crippen LogP contribution in [0, 0.1) is 0 Å². The third kappa shape index (κ3) is 4.31. The van der Waals surface area contributed by atoms with Crippen LogP contribution < -0.4 is 4.90 Å². The molecule has 8 heteroatoms. The van der Waals surface area contributed by atoms with Crippen molar-refractivity contribution in [2.75, 3.05) is 11.4 Å². The minimum Gasteiger partial charge on any atom is -0.467 e. The Hall–Kier alpha value is -2.09. The SMILES string of the molecule is OC(CC1CCCCCN1c1ccc(C(F)(F)F)nn1)c1ccco1. The predicted octanol–water partition coefficient (Wildman–Crippen LogP) is 3.96. The molecule has 1 N–H and O–H groups in total. The molecule has 0 saturated carbocycles. The zero-order valence-electron chi connectivity index (χ0n) is 13.6. The molecule has 1 saturated heterocycles. The Morgan fingerprint density at radius 2 is 2.04 bits per heavy atom. The third-order valence-electron chi connectivity index (χ3n) is 4.48. The zero-order chi connectivity index (χ0) is 17.9. The summed E-state index contributed by atoms with van der Waals surface area (Å²) >= 11 is 0. The fourth-order valence-electron chi connectivity index (χ4n) is 3.21. The number of aliphatic hydroxyl groups excluding tert-OH is 1. The first-order valence-electron chi connectivity index (χ1n) is 8.34. The zero-order valence-corrected chi connectivity index (χ0v) is 13.6. The lowest BCUT2D eigenvalue weighted by Crippen LogP contribution is -2.37. The second-order valence-electron chi connectivity index (χ2n) is 6.24. The fraction of sp³-hybridized carbons (Fsp3) is 0.529. The summed E-state index contributed by atoms with van der Waals surface area (Å²) in [6.45, 7) is 0.676. The van der Waals surface area contributed by atoms with Gasteiger partial charge in [0.25, 0.3) is 0 Å². The number of furan rings is 1. The van der Waals surface area contributed by atoms with E-state index in [1.807, 2.05) is 4.90 Å². The maximum atomic E-state index is 12.7. The van der Waals surface area contributed by atoms with E-state index in [2.05, 4.69) is 10.2 Å². The van der Waals surface area contributed by atoms with Crippen molar-refractivity contribution >= 4 is 5.82 Å². The van der Waals surface area contributed by atoms with Gasteiger partial charge in [-0.05, 0) is 37.1 Å². The van der Waals surface area contributed by atoms with Crippen LogP contribution in [-0.2, 0) is 6.18 Å². The molecule has 0 bridgehead atoms. The van der Waals surface area contributed by atoms with E-state index in [9.17, 15) is 18.3 Å². The molecule has 25 heavy (non-hydrogen) atoms. The van der Waals surface area contributed by atoms with Crippen molar-refractivity contribution in [1.82, 2.24) is 10.2 Å². The van der Waals surface area contributed by atoms with Gasteiger partial charge in [0.1, 0.15) is 11.9 Å². The Bertz CT molecular complexity index is 659. The maximum absolute atomic E-state index is 12.7. The molecule has 1 fully saturated rings. The molecule has 0 amide bonds. The summed E-state index contributed by atoms with van der Waals surface area (Å²) in [7, 11) is 0. The second kappa shape index (κ2) is 7.43. The van der Waals surface area contributed by atoms with Crippen LogP contribution in [0.3, 0.4) is 0 Å². The van der Waals surface area contributed by atoms with Gasteiger partial charge in [-0.1, -0.05) is 12.8 Å². The molecule has 0 aromatic carbocycles. The lowest BCUT2D eigenvalue weighted by molar-refractivity contribution is -0.141. The van der Waals surface area contributed by atoms with Crippen LogP contribution in [0.5, 0.6) is 0 Å². The van der Waals surface area contributed by atoms with Gasteiger partial charge in [0.05, 0.1) is 6.26 Å². The van der Waals surface area contributed by atoms with Gasteiger partial charge in [-0.2, -0.15) is 13.2 Å². The maximum Gasteiger partial charge on any atom is 0.435 e. The van der Waals surface area contributed by atoms with Gasteiger partial charge in [-0.15, -0.1) is 10.2 Å². The van der Waals surface area contributed by atoms with E-state index in [-0.39, 0.29) is 6.04 Å². The Morgan fingerprint density at radius 3 is 2.68 bits per heavy atom. The van der Waals surface area contributed by atoms with E-state index < -0.39 is 18.0 Å². The lowest BCUT2D eigenvalue weighted by atomic mass is 10.0. The highest BCUT2D eigenvalue weighted by Gasteiger charge is 2.33. The summed E-state index contributed by atoms with van der Waals surface area (Å²) < 4.78 is 43.3. The number of hydrogen-bond donors (Lipinski definition) is 1. The van der Waals surface area contributed by atoms with Crippen LogP contribution >= 0.6 is 0 Å². The Kier molecular flexibility index (Phi) is 5.27. The quantitative estimate of drug-likeness (QED) is 0.899. The van der Waals surface area contributed by atoms with Gasteiger partial charge < -0.3 is 14.4 Å². The van der Waals surface area contributed by atoms with Crippen LogP contribution in [0.2, 0.25) is 0 Å². The minimum absolute atomic E-state index is 0.0337. The molecule has 5 nitrogen and oxygen atoms in total. The van der Waals surface area contributed by atoms with Crippen LogP contribution in [0.4, 0.5) is 19.0 Å². The summed E-state index contributed by atoms with van der Waals surface area (Å²) in [6, 6.07) is 5.70. The third-order valence-corrected chi connectivity index (χ3v) is 4.48. The molecule has 3 heterocycles. The summed E-state index contributed by atoms with van der Waals surface area (Å²) in [4.78, 5) is 1.95. The van der Waals surface area contributed by atoms with Crippen LogP contribution in [-0.4, -0.2) is 27.9 Å². The molecular weight excluding hydrogens is 335 g/mol. The number of alkyl halides is 3. The Labute approximate surface area is 143 Å². The van der Waals surface area contributed by atoms with Crippen molar-refractivity contribution in [3.05, 3.63) is 42.0 Å². The van der Waals surface area contributed by atoms with Gasteiger partial charge >= 0.3 is 6.18 Å². The predicted molar refractivity (Wildman–Crippen MR) is 84.9 cm³/mol. The monoisotopic (exact) mass is 355 g/mol. The number of halogens is 3. The van der Waals surface area contributed by atoms with E-state index in [0.29, 0.717) is 24.5 Å². The van der Waals surface area contributed by atoms with E-state index >= 15 is 0 Å². The fourth-order valence-corrected chi connectivity index (χ4v) is 3.21. The molecule has 136 valence electrons. The van der Waals surface area contributed by atoms with Crippen molar-refractivity contribution < 1.29 is 22.7 Å². The van der Waals surface area contributed by atoms with Crippen LogP contribution in [0.1, 0.15) is 49.7 Å². The first kappa shape index (κ1) is 17.7. The molecule has 2 atom stereocenters. The number of aliphatic hydroxyl groups is 1. The molecule has 0 spiro atoms. The number of hydrogen-bond acceptors (Lipinski definition) is 5. The van der Waals surface area contributed by atoms with E-state index in [1.165, 1.54) is 12.3 Å². The molecule has 0 radical (unpaired) electrons. The number of aromatic nitrogens is 2. The first-order chi connectivity index (χ1) is 11.9. The molecule has 2 unspecified atom stereocenters. The van der Waals surface area contributed by atoms with Crippen LogP contribution in [0.15, 0.2) is 34.9 Å². The van der Waals surface area contributed by atoms with Gasteiger partial charge in [0, 0.05) is 19.0 Å². The van der Waals surface area contributed by atoms with Gasteiger partial charge in [0.2, 0.25) is 0 Å². The Balaban J connectivity index is 1.78. The Morgan fingerprint density at radius 1 is 1.20 bits per heavy atom. The second-order valence-corrected chi connectivity index (χ2v) is 6.24. The summed E-state index contributed by atoms with van der Waals surface area (Å²) in [5, 5.41) is 17.5. The average Bonchev–Trinajstić information content (AvgIpc) is 3.02. The molecule has 0 aliphatic carbocycles. The number of nitrogens with zero attached hydrogens (tertiary/aromatic N) is 3. The highest BCUT2D eigenvalue weighted by Crippen LogP contribution is 2.31. The molecular formula is C17H20F3N3O2. The highest BCUT2D eigenvalue weighted by atomic mass is 19.4. The van der Waals surface area contributed by atoms with E-state index in [0.717, 1.165) is 31.7 Å². The van der Waals surface area contributed by atoms with Crippen molar-refractivity contribution in [2.45, 2.75) is 50.4 Å². The first-order valence-corrected chi connectivity index (χ1v) is 8.34. The molecule has 2 aromatic rings. The normalized spacial score (nSPS) is 20.3.